The minimum Gasteiger partial charge on any atom is -0.317 e. The van der Waals surface area contributed by atoms with Crippen molar-refractivity contribution in [3.8, 4) is 0 Å². The number of nitrogens with zero attached hydrogens (tertiary/aromatic N) is 2. The molecule has 14 heavy (non-hydrogen) atoms. The zero-order valence-electron chi connectivity index (χ0n) is 9.45. The largest absolute Gasteiger partial charge is 0.317 e. The first-order chi connectivity index (χ1) is 6.74. The van der Waals surface area contributed by atoms with Gasteiger partial charge in [0.15, 0.2) is 0 Å². The Morgan fingerprint density at radius 3 is 2.86 bits per heavy atom. The highest BCUT2D eigenvalue weighted by atomic mass is 15.3. The van der Waals surface area contributed by atoms with Crippen LogP contribution in [-0.2, 0) is 0 Å². The van der Waals surface area contributed by atoms with Crippen LogP contribution in [0.2, 0.25) is 0 Å². The van der Waals surface area contributed by atoms with Gasteiger partial charge >= 0.3 is 0 Å². The van der Waals surface area contributed by atoms with Crippen molar-refractivity contribution >= 4 is 0 Å². The molecule has 1 unspecified atom stereocenters. The van der Waals surface area contributed by atoms with E-state index in [1.165, 1.54) is 6.42 Å². The molecule has 3 heteroatoms. The molecule has 1 heterocycles. The van der Waals surface area contributed by atoms with Crippen LogP contribution in [0.5, 0.6) is 0 Å². The van der Waals surface area contributed by atoms with Gasteiger partial charge < -0.3 is 5.32 Å². The van der Waals surface area contributed by atoms with Crippen molar-refractivity contribution in [1.29, 1.82) is 0 Å². The molecule has 0 aromatic carbocycles. The summed E-state index contributed by atoms with van der Waals surface area (Å²) in [5.41, 5.74) is 1.10. The third-order valence-electron chi connectivity index (χ3n) is 2.36. The van der Waals surface area contributed by atoms with E-state index in [0.29, 0.717) is 6.04 Å². The lowest BCUT2D eigenvalue weighted by Crippen LogP contribution is -2.19. The summed E-state index contributed by atoms with van der Waals surface area (Å²) in [6.07, 6.45) is 4.40. The summed E-state index contributed by atoms with van der Waals surface area (Å²) in [5.74, 6) is 0. The molecular weight excluding hydrogens is 174 g/mol. The van der Waals surface area contributed by atoms with E-state index in [2.05, 4.69) is 36.5 Å². The van der Waals surface area contributed by atoms with Gasteiger partial charge in [0.25, 0.3) is 0 Å². The summed E-state index contributed by atoms with van der Waals surface area (Å²) >= 11 is 0. The molecule has 0 aliphatic rings. The molecule has 0 fully saturated rings. The predicted octanol–water partition coefficient (Wildman–Crippen LogP) is 2.14. The molecule has 0 aliphatic carbocycles. The summed E-state index contributed by atoms with van der Waals surface area (Å²) in [6.45, 7) is 8.62. The van der Waals surface area contributed by atoms with Crippen molar-refractivity contribution in [2.75, 3.05) is 13.1 Å². The third-order valence-corrected chi connectivity index (χ3v) is 2.36. The second-order valence-electron chi connectivity index (χ2n) is 3.82. The molecule has 0 bridgehead atoms. The Kier molecular flexibility index (Phi) is 4.66. The van der Waals surface area contributed by atoms with Crippen LogP contribution in [0, 0.1) is 6.92 Å². The van der Waals surface area contributed by atoms with E-state index in [1.54, 1.807) is 0 Å². The smallest absolute Gasteiger partial charge is 0.0593 e. The van der Waals surface area contributed by atoms with Crippen LogP contribution in [0.15, 0.2) is 12.3 Å². The van der Waals surface area contributed by atoms with E-state index in [9.17, 15) is 0 Å². The van der Waals surface area contributed by atoms with Gasteiger partial charge in [-0.15, -0.1) is 0 Å². The number of hydrogen-bond donors (Lipinski definition) is 1. The molecule has 0 radical (unpaired) electrons. The Labute approximate surface area is 86.5 Å². The molecule has 80 valence electrons. The summed E-state index contributed by atoms with van der Waals surface area (Å²) in [4.78, 5) is 0. The Hall–Kier alpha value is -0.830. The molecule has 0 aliphatic heterocycles. The van der Waals surface area contributed by atoms with E-state index >= 15 is 0 Å². The summed E-state index contributed by atoms with van der Waals surface area (Å²) in [5, 5.41) is 7.80. The highest BCUT2D eigenvalue weighted by Crippen LogP contribution is 2.08. The van der Waals surface area contributed by atoms with Crippen LogP contribution in [0.1, 0.15) is 38.4 Å². The Balaban J connectivity index is 2.25. The van der Waals surface area contributed by atoms with Gasteiger partial charge in [-0.3, -0.25) is 4.68 Å². The normalized spacial score (nSPS) is 13.1. The zero-order valence-corrected chi connectivity index (χ0v) is 9.45. The average Bonchev–Trinajstić information content (AvgIpc) is 2.59. The minimum atomic E-state index is 0.494. The monoisotopic (exact) mass is 195 g/mol. The van der Waals surface area contributed by atoms with Gasteiger partial charge in [-0.1, -0.05) is 6.92 Å². The Morgan fingerprint density at radius 2 is 2.29 bits per heavy atom. The maximum atomic E-state index is 4.40. The summed E-state index contributed by atoms with van der Waals surface area (Å²) in [6, 6.07) is 2.55. The molecule has 3 nitrogen and oxygen atoms in total. The molecule has 1 N–H and O–H groups in total. The Bertz CT molecular complexity index is 255. The number of rotatable bonds is 6. The summed E-state index contributed by atoms with van der Waals surface area (Å²) in [7, 11) is 0. The van der Waals surface area contributed by atoms with E-state index in [1.807, 2.05) is 11.6 Å². The third kappa shape index (κ3) is 3.50. The van der Waals surface area contributed by atoms with Crippen LogP contribution in [0.4, 0.5) is 0 Å². The van der Waals surface area contributed by atoms with Gasteiger partial charge in [0, 0.05) is 6.20 Å². The molecule has 1 atom stereocenters. The lowest BCUT2D eigenvalue weighted by Gasteiger charge is -2.12. The van der Waals surface area contributed by atoms with E-state index in [0.717, 1.165) is 25.2 Å². The van der Waals surface area contributed by atoms with Gasteiger partial charge in [0.2, 0.25) is 0 Å². The van der Waals surface area contributed by atoms with Gasteiger partial charge in [-0.05, 0) is 45.8 Å². The van der Waals surface area contributed by atoms with Crippen LogP contribution >= 0.6 is 0 Å². The molecule has 0 saturated carbocycles. The van der Waals surface area contributed by atoms with Crippen LogP contribution in [0.3, 0.4) is 0 Å². The molecule has 1 aromatic heterocycles. The van der Waals surface area contributed by atoms with Crippen molar-refractivity contribution in [1.82, 2.24) is 15.1 Å². The standard InChI is InChI=1S/C11H21N3/c1-4-7-12-8-5-11(3)14-9-6-10(2)13-14/h6,9,11-12H,4-5,7-8H2,1-3H3. The topological polar surface area (TPSA) is 29.9 Å². The van der Waals surface area contributed by atoms with Crippen LogP contribution in [0.25, 0.3) is 0 Å². The van der Waals surface area contributed by atoms with Crippen molar-refractivity contribution in [3.05, 3.63) is 18.0 Å². The van der Waals surface area contributed by atoms with Crippen LogP contribution < -0.4 is 5.32 Å². The summed E-state index contributed by atoms with van der Waals surface area (Å²) < 4.78 is 2.04. The fraction of sp³-hybridized carbons (Fsp3) is 0.727. The molecular formula is C11H21N3. The lowest BCUT2D eigenvalue weighted by molar-refractivity contribution is 0.442. The number of aryl methyl sites for hydroxylation is 1. The fourth-order valence-electron chi connectivity index (χ4n) is 1.42. The maximum absolute atomic E-state index is 4.40. The quantitative estimate of drug-likeness (QED) is 0.705. The van der Waals surface area contributed by atoms with E-state index in [4.69, 9.17) is 0 Å². The van der Waals surface area contributed by atoms with E-state index < -0.39 is 0 Å². The lowest BCUT2D eigenvalue weighted by atomic mass is 10.2. The number of hydrogen-bond acceptors (Lipinski definition) is 2. The fourth-order valence-corrected chi connectivity index (χ4v) is 1.42. The van der Waals surface area contributed by atoms with Gasteiger partial charge in [0.05, 0.1) is 11.7 Å². The zero-order chi connectivity index (χ0) is 10.4. The van der Waals surface area contributed by atoms with Gasteiger partial charge in [-0.2, -0.15) is 5.10 Å². The molecule has 0 amide bonds. The first kappa shape index (κ1) is 11.2. The van der Waals surface area contributed by atoms with Crippen LogP contribution in [-0.4, -0.2) is 22.9 Å². The van der Waals surface area contributed by atoms with Gasteiger partial charge in [0.1, 0.15) is 0 Å². The molecule has 0 saturated heterocycles. The first-order valence-corrected chi connectivity index (χ1v) is 5.46. The second kappa shape index (κ2) is 5.81. The minimum absolute atomic E-state index is 0.494. The second-order valence-corrected chi connectivity index (χ2v) is 3.82. The number of nitrogens with one attached hydrogen (secondary N) is 1. The highest BCUT2D eigenvalue weighted by Gasteiger charge is 2.04. The van der Waals surface area contributed by atoms with Crippen molar-refractivity contribution in [2.45, 2.75) is 39.7 Å². The van der Waals surface area contributed by atoms with E-state index in [-0.39, 0.29) is 0 Å². The SMILES string of the molecule is CCCNCCC(C)n1ccc(C)n1. The first-order valence-electron chi connectivity index (χ1n) is 5.46. The van der Waals surface area contributed by atoms with Crippen molar-refractivity contribution < 1.29 is 0 Å². The molecule has 1 aromatic rings. The van der Waals surface area contributed by atoms with Crippen molar-refractivity contribution in [3.63, 3.8) is 0 Å². The average molecular weight is 195 g/mol. The predicted molar refractivity (Wildman–Crippen MR) is 59.5 cm³/mol. The Morgan fingerprint density at radius 1 is 1.50 bits per heavy atom. The van der Waals surface area contributed by atoms with Gasteiger partial charge in [-0.25, -0.2) is 0 Å². The molecule has 0 spiro atoms. The number of aromatic nitrogens is 2. The van der Waals surface area contributed by atoms with Crippen molar-refractivity contribution in [2.24, 2.45) is 0 Å². The molecule has 1 rings (SSSR count). The highest BCUT2D eigenvalue weighted by molar-refractivity contribution is 4.95. The maximum Gasteiger partial charge on any atom is 0.0593 e.